The molecule has 1 fully saturated rings. The Hall–Kier alpha value is -1.36. The van der Waals surface area contributed by atoms with Crippen LogP contribution in [0.5, 0.6) is 0 Å². The van der Waals surface area contributed by atoms with Gasteiger partial charge < -0.3 is 15.4 Å². The molecule has 0 saturated heterocycles. The maximum atomic E-state index is 10.5. The Kier molecular flexibility index (Phi) is 2.25. The quantitative estimate of drug-likeness (QED) is 0.717. The number of imidazole rings is 1. The minimum atomic E-state index is -0.981. The fourth-order valence-corrected chi connectivity index (χ4v) is 1.37. The summed E-state index contributed by atoms with van der Waals surface area (Å²) in [6.07, 6.45) is 6.33. The number of hydrogen-bond acceptors (Lipinski definition) is 3. The van der Waals surface area contributed by atoms with Crippen LogP contribution < -0.4 is 5.73 Å². The first-order chi connectivity index (χ1) is 6.66. The standard InChI is InChI=1S/C9H13N3O2/c10-8(9(13)14)3-6-4-12(5-11-6)7-1-2-7/h4-5,7-8H,1-3,10H2,(H,13,14)/t8-/m1/s1. The lowest BCUT2D eigenvalue weighted by Crippen LogP contribution is -2.32. The molecule has 1 saturated carbocycles. The molecule has 0 bridgehead atoms. The number of nitrogens with two attached hydrogens (primary N) is 1. The van der Waals surface area contributed by atoms with E-state index in [1.165, 1.54) is 12.8 Å². The molecular weight excluding hydrogens is 182 g/mol. The zero-order chi connectivity index (χ0) is 10.1. The first-order valence-electron chi connectivity index (χ1n) is 4.67. The Bertz CT molecular complexity index is 344. The summed E-state index contributed by atoms with van der Waals surface area (Å²) >= 11 is 0. The summed E-state index contributed by atoms with van der Waals surface area (Å²) < 4.78 is 2.03. The largest absolute Gasteiger partial charge is 0.480 e. The Labute approximate surface area is 81.5 Å². The van der Waals surface area contributed by atoms with Gasteiger partial charge in [0.1, 0.15) is 6.04 Å². The monoisotopic (exact) mass is 195 g/mol. The van der Waals surface area contributed by atoms with Crippen molar-refractivity contribution in [2.75, 3.05) is 0 Å². The summed E-state index contributed by atoms with van der Waals surface area (Å²) in [5, 5.41) is 8.61. The minimum absolute atomic E-state index is 0.301. The van der Waals surface area contributed by atoms with E-state index >= 15 is 0 Å². The molecule has 0 aromatic carbocycles. The van der Waals surface area contributed by atoms with E-state index < -0.39 is 12.0 Å². The fourth-order valence-electron chi connectivity index (χ4n) is 1.37. The molecule has 1 aliphatic carbocycles. The minimum Gasteiger partial charge on any atom is -0.480 e. The Morgan fingerprint density at radius 2 is 2.50 bits per heavy atom. The summed E-state index contributed by atoms with van der Waals surface area (Å²) in [5.74, 6) is -0.981. The van der Waals surface area contributed by atoms with Crippen molar-refractivity contribution in [1.82, 2.24) is 9.55 Å². The Morgan fingerprint density at radius 1 is 1.79 bits per heavy atom. The van der Waals surface area contributed by atoms with Gasteiger partial charge in [0, 0.05) is 18.7 Å². The summed E-state index contributed by atoms with van der Waals surface area (Å²) in [5.41, 5.74) is 6.16. The van der Waals surface area contributed by atoms with Gasteiger partial charge in [-0.25, -0.2) is 4.98 Å². The van der Waals surface area contributed by atoms with Crippen molar-refractivity contribution in [3.05, 3.63) is 18.2 Å². The third-order valence-electron chi connectivity index (χ3n) is 2.37. The number of carboxylic acid groups (broad SMARTS) is 1. The van der Waals surface area contributed by atoms with Crippen LogP contribution in [0.25, 0.3) is 0 Å². The van der Waals surface area contributed by atoms with Crippen molar-refractivity contribution in [3.8, 4) is 0 Å². The molecule has 0 spiro atoms. The van der Waals surface area contributed by atoms with Crippen LogP contribution in [-0.2, 0) is 11.2 Å². The van der Waals surface area contributed by atoms with Crippen LogP contribution in [0.2, 0.25) is 0 Å². The lowest BCUT2D eigenvalue weighted by atomic mass is 10.2. The SMILES string of the molecule is N[C@H](Cc1cn(C2CC2)cn1)C(=O)O. The van der Waals surface area contributed by atoms with Crippen molar-refractivity contribution in [2.24, 2.45) is 5.73 Å². The van der Waals surface area contributed by atoms with Gasteiger partial charge in [-0.2, -0.15) is 0 Å². The van der Waals surface area contributed by atoms with Gasteiger partial charge in [-0.15, -0.1) is 0 Å². The van der Waals surface area contributed by atoms with Gasteiger partial charge in [-0.3, -0.25) is 4.79 Å². The van der Waals surface area contributed by atoms with Crippen molar-refractivity contribution >= 4 is 5.97 Å². The van der Waals surface area contributed by atoms with E-state index in [1.807, 2.05) is 10.8 Å². The fraction of sp³-hybridized carbons (Fsp3) is 0.556. The molecule has 1 aromatic heterocycles. The molecule has 14 heavy (non-hydrogen) atoms. The number of aliphatic carboxylic acids is 1. The molecule has 5 nitrogen and oxygen atoms in total. The molecule has 0 aliphatic heterocycles. The van der Waals surface area contributed by atoms with Crippen LogP contribution in [0.1, 0.15) is 24.6 Å². The zero-order valence-electron chi connectivity index (χ0n) is 7.76. The highest BCUT2D eigenvalue weighted by atomic mass is 16.4. The molecule has 1 aliphatic rings. The number of aromatic nitrogens is 2. The van der Waals surface area contributed by atoms with E-state index in [0.29, 0.717) is 12.5 Å². The first kappa shape index (κ1) is 9.21. The summed E-state index contributed by atoms with van der Waals surface area (Å²) in [6.45, 7) is 0. The Morgan fingerprint density at radius 3 is 3.07 bits per heavy atom. The molecule has 0 amide bonds. The maximum Gasteiger partial charge on any atom is 0.320 e. The number of carboxylic acids is 1. The molecule has 1 atom stereocenters. The van der Waals surface area contributed by atoms with Gasteiger partial charge in [0.2, 0.25) is 0 Å². The molecule has 1 aromatic rings. The van der Waals surface area contributed by atoms with Gasteiger partial charge >= 0.3 is 5.97 Å². The zero-order valence-corrected chi connectivity index (χ0v) is 7.76. The van der Waals surface area contributed by atoms with Crippen LogP contribution in [-0.4, -0.2) is 26.7 Å². The molecule has 0 radical (unpaired) electrons. The smallest absolute Gasteiger partial charge is 0.320 e. The second-order valence-electron chi connectivity index (χ2n) is 3.69. The highest BCUT2D eigenvalue weighted by Crippen LogP contribution is 2.34. The average molecular weight is 195 g/mol. The Balaban J connectivity index is 1.98. The van der Waals surface area contributed by atoms with Crippen molar-refractivity contribution in [1.29, 1.82) is 0 Å². The molecule has 2 rings (SSSR count). The lowest BCUT2D eigenvalue weighted by molar-refractivity contribution is -0.138. The highest BCUT2D eigenvalue weighted by molar-refractivity contribution is 5.73. The van der Waals surface area contributed by atoms with Crippen LogP contribution in [0.3, 0.4) is 0 Å². The number of rotatable bonds is 4. The molecular formula is C9H13N3O2. The topological polar surface area (TPSA) is 81.1 Å². The van der Waals surface area contributed by atoms with Crippen LogP contribution in [0.4, 0.5) is 0 Å². The van der Waals surface area contributed by atoms with Gasteiger partial charge in [0.15, 0.2) is 0 Å². The second kappa shape index (κ2) is 3.42. The molecule has 5 heteroatoms. The van der Waals surface area contributed by atoms with Crippen molar-refractivity contribution in [2.45, 2.75) is 31.3 Å². The molecule has 0 unspecified atom stereocenters. The van der Waals surface area contributed by atoms with Crippen molar-refractivity contribution < 1.29 is 9.90 Å². The molecule has 3 N–H and O–H groups in total. The van der Waals surface area contributed by atoms with E-state index in [4.69, 9.17) is 10.8 Å². The third-order valence-corrected chi connectivity index (χ3v) is 2.37. The van der Waals surface area contributed by atoms with Gasteiger partial charge in [0.25, 0.3) is 0 Å². The van der Waals surface area contributed by atoms with Crippen molar-refractivity contribution in [3.63, 3.8) is 0 Å². The number of carbonyl (C=O) groups is 1. The number of hydrogen-bond donors (Lipinski definition) is 2. The lowest BCUT2D eigenvalue weighted by Gasteiger charge is -2.02. The normalized spacial score (nSPS) is 18.1. The number of nitrogens with zero attached hydrogens (tertiary/aromatic N) is 2. The van der Waals surface area contributed by atoms with E-state index in [2.05, 4.69) is 4.98 Å². The van der Waals surface area contributed by atoms with E-state index in [-0.39, 0.29) is 0 Å². The average Bonchev–Trinajstić information content (AvgIpc) is 2.88. The van der Waals surface area contributed by atoms with Crippen LogP contribution in [0, 0.1) is 0 Å². The second-order valence-corrected chi connectivity index (χ2v) is 3.69. The van der Waals surface area contributed by atoms with Crippen LogP contribution >= 0.6 is 0 Å². The molecule has 76 valence electrons. The predicted molar refractivity (Wildman–Crippen MR) is 49.8 cm³/mol. The van der Waals surface area contributed by atoms with Gasteiger partial charge in [-0.05, 0) is 12.8 Å². The van der Waals surface area contributed by atoms with Gasteiger partial charge in [0.05, 0.1) is 12.0 Å². The summed E-state index contributed by atoms with van der Waals surface area (Å²) in [7, 11) is 0. The van der Waals surface area contributed by atoms with E-state index in [1.54, 1.807) is 6.33 Å². The molecule has 1 heterocycles. The van der Waals surface area contributed by atoms with E-state index in [9.17, 15) is 4.79 Å². The third kappa shape index (κ3) is 1.93. The summed E-state index contributed by atoms with van der Waals surface area (Å²) in [4.78, 5) is 14.6. The van der Waals surface area contributed by atoms with Gasteiger partial charge in [-0.1, -0.05) is 0 Å². The predicted octanol–water partition coefficient (Wildman–Crippen LogP) is 0.172. The maximum absolute atomic E-state index is 10.5. The van der Waals surface area contributed by atoms with E-state index in [0.717, 1.165) is 5.69 Å². The summed E-state index contributed by atoms with van der Waals surface area (Å²) in [6, 6.07) is -0.269. The highest BCUT2D eigenvalue weighted by Gasteiger charge is 2.23. The van der Waals surface area contributed by atoms with Crippen LogP contribution in [0.15, 0.2) is 12.5 Å². The first-order valence-corrected chi connectivity index (χ1v) is 4.67.